The SMILES string of the molecule is [O]c1n[nH]c2ccccc12. The van der Waals surface area contributed by atoms with E-state index in [4.69, 9.17) is 0 Å². The highest BCUT2D eigenvalue weighted by Gasteiger charge is 2.01. The van der Waals surface area contributed by atoms with Crippen molar-refractivity contribution in [3.05, 3.63) is 24.3 Å². The van der Waals surface area contributed by atoms with E-state index in [9.17, 15) is 5.11 Å². The Morgan fingerprint density at radius 3 is 2.90 bits per heavy atom. The van der Waals surface area contributed by atoms with E-state index >= 15 is 0 Å². The van der Waals surface area contributed by atoms with Crippen molar-refractivity contribution in [1.82, 2.24) is 10.2 Å². The number of para-hydroxylation sites is 1. The van der Waals surface area contributed by atoms with E-state index in [0.29, 0.717) is 5.39 Å². The van der Waals surface area contributed by atoms with Crippen LogP contribution < -0.4 is 0 Å². The average molecular weight is 133 g/mol. The van der Waals surface area contributed by atoms with E-state index in [1.54, 1.807) is 6.07 Å². The lowest BCUT2D eigenvalue weighted by atomic mass is 10.2. The van der Waals surface area contributed by atoms with Crippen LogP contribution in [0, 0.1) is 0 Å². The molecule has 49 valence electrons. The van der Waals surface area contributed by atoms with Crippen LogP contribution in [0.3, 0.4) is 0 Å². The van der Waals surface area contributed by atoms with Crippen LogP contribution in [0.15, 0.2) is 24.3 Å². The van der Waals surface area contributed by atoms with Crippen molar-refractivity contribution in [2.75, 3.05) is 0 Å². The van der Waals surface area contributed by atoms with Crippen molar-refractivity contribution in [3.8, 4) is 5.88 Å². The number of hydrogen-bond acceptors (Lipinski definition) is 1. The van der Waals surface area contributed by atoms with Gasteiger partial charge in [0.2, 0.25) is 0 Å². The highest BCUT2D eigenvalue weighted by Crippen LogP contribution is 2.19. The lowest BCUT2D eigenvalue weighted by Crippen LogP contribution is -1.63. The van der Waals surface area contributed by atoms with Gasteiger partial charge in [0.1, 0.15) is 0 Å². The van der Waals surface area contributed by atoms with Crippen LogP contribution in [0.5, 0.6) is 5.88 Å². The normalized spacial score (nSPS) is 10.4. The van der Waals surface area contributed by atoms with Crippen molar-refractivity contribution in [2.45, 2.75) is 0 Å². The van der Waals surface area contributed by atoms with Gasteiger partial charge in [-0.15, -0.1) is 5.10 Å². The highest BCUT2D eigenvalue weighted by atomic mass is 16.3. The fourth-order valence-corrected chi connectivity index (χ4v) is 0.938. The van der Waals surface area contributed by atoms with Gasteiger partial charge in [0, 0.05) is 0 Å². The Balaban J connectivity index is 2.93. The molecule has 0 aliphatic carbocycles. The molecular weight excluding hydrogens is 128 g/mol. The summed E-state index contributed by atoms with van der Waals surface area (Å²) in [6.45, 7) is 0. The van der Waals surface area contributed by atoms with Gasteiger partial charge in [0.05, 0.1) is 10.9 Å². The number of aromatic amines is 1. The molecule has 0 spiro atoms. The zero-order valence-electron chi connectivity index (χ0n) is 5.16. The Hall–Kier alpha value is -1.51. The lowest BCUT2D eigenvalue weighted by molar-refractivity contribution is 0.341. The quantitative estimate of drug-likeness (QED) is 0.584. The van der Waals surface area contributed by atoms with E-state index in [1.165, 1.54) is 0 Å². The number of nitrogens with zero attached hydrogens (tertiary/aromatic N) is 1. The zero-order chi connectivity index (χ0) is 6.97. The largest absolute Gasteiger partial charge is 0.295 e. The van der Waals surface area contributed by atoms with Gasteiger partial charge >= 0.3 is 0 Å². The lowest BCUT2D eigenvalue weighted by Gasteiger charge is -1.82. The van der Waals surface area contributed by atoms with Gasteiger partial charge in [-0.2, -0.15) is 0 Å². The van der Waals surface area contributed by atoms with E-state index in [-0.39, 0.29) is 5.88 Å². The average Bonchev–Trinajstić information content (AvgIpc) is 2.34. The standard InChI is InChI=1S/C7H5N2O/c10-7-5-3-1-2-4-6(5)8-9-7/h1-4H,(H,8,9). The maximum Gasteiger partial charge on any atom is 0.295 e. The zero-order valence-corrected chi connectivity index (χ0v) is 5.16. The number of nitrogens with one attached hydrogen (secondary N) is 1. The molecule has 10 heavy (non-hydrogen) atoms. The van der Waals surface area contributed by atoms with Gasteiger partial charge in [-0.1, -0.05) is 12.1 Å². The summed E-state index contributed by atoms with van der Waals surface area (Å²) in [4.78, 5) is 0. The van der Waals surface area contributed by atoms with Crippen LogP contribution in [0.1, 0.15) is 0 Å². The minimum absolute atomic E-state index is 0.185. The van der Waals surface area contributed by atoms with E-state index in [2.05, 4.69) is 10.2 Å². The monoisotopic (exact) mass is 133 g/mol. The second-order valence-electron chi connectivity index (χ2n) is 2.07. The maximum atomic E-state index is 10.8. The minimum atomic E-state index is -0.185. The van der Waals surface area contributed by atoms with E-state index in [0.717, 1.165) is 5.52 Å². The van der Waals surface area contributed by atoms with Crippen molar-refractivity contribution < 1.29 is 5.11 Å². The number of benzene rings is 1. The minimum Gasteiger partial charge on any atom is -0.274 e. The molecule has 1 radical (unpaired) electrons. The predicted octanol–water partition coefficient (Wildman–Crippen LogP) is 1.71. The second kappa shape index (κ2) is 1.73. The van der Waals surface area contributed by atoms with Gasteiger partial charge < -0.3 is 0 Å². The smallest absolute Gasteiger partial charge is 0.274 e. The molecule has 0 fully saturated rings. The maximum absolute atomic E-state index is 10.8. The van der Waals surface area contributed by atoms with Crippen molar-refractivity contribution in [2.24, 2.45) is 0 Å². The van der Waals surface area contributed by atoms with Crippen molar-refractivity contribution >= 4 is 10.9 Å². The topological polar surface area (TPSA) is 48.6 Å². The highest BCUT2D eigenvalue weighted by molar-refractivity contribution is 5.83. The molecule has 1 aromatic heterocycles. The third kappa shape index (κ3) is 0.572. The summed E-state index contributed by atoms with van der Waals surface area (Å²) in [7, 11) is 0. The molecule has 0 amide bonds. The van der Waals surface area contributed by atoms with Crippen LogP contribution in [0.2, 0.25) is 0 Å². The summed E-state index contributed by atoms with van der Waals surface area (Å²) < 4.78 is 0. The molecule has 0 aliphatic heterocycles. The van der Waals surface area contributed by atoms with Crippen molar-refractivity contribution in [1.29, 1.82) is 0 Å². The summed E-state index contributed by atoms with van der Waals surface area (Å²) in [6, 6.07) is 7.25. The molecule has 0 saturated heterocycles. The summed E-state index contributed by atoms with van der Waals surface area (Å²) in [5, 5.41) is 17.6. The summed E-state index contributed by atoms with van der Waals surface area (Å²) in [6.07, 6.45) is 0. The fraction of sp³-hybridized carbons (Fsp3) is 0. The summed E-state index contributed by atoms with van der Waals surface area (Å²) in [5.74, 6) is -0.185. The summed E-state index contributed by atoms with van der Waals surface area (Å²) >= 11 is 0. The number of aromatic nitrogens is 2. The van der Waals surface area contributed by atoms with Crippen LogP contribution in [0.25, 0.3) is 10.9 Å². The molecule has 1 heterocycles. The third-order valence-electron chi connectivity index (χ3n) is 1.44. The van der Waals surface area contributed by atoms with Crippen LogP contribution in [-0.4, -0.2) is 10.2 Å². The van der Waals surface area contributed by atoms with E-state index < -0.39 is 0 Å². The van der Waals surface area contributed by atoms with Gasteiger partial charge in [-0.05, 0) is 12.1 Å². The third-order valence-corrected chi connectivity index (χ3v) is 1.44. The van der Waals surface area contributed by atoms with Crippen LogP contribution >= 0.6 is 0 Å². The Morgan fingerprint density at radius 2 is 2.10 bits per heavy atom. The number of H-pyrrole nitrogens is 1. The molecule has 3 heteroatoms. The molecule has 0 atom stereocenters. The second-order valence-corrected chi connectivity index (χ2v) is 2.07. The summed E-state index contributed by atoms with van der Waals surface area (Å²) in [5.41, 5.74) is 0.799. The first-order chi connectivity index (χ1) is 4.88. The number of hydrogen-bond donors (Lipinski definition) is 1. The Kier molecular flexibility index (Phi) is 0.917. The molecule has 2 rings (SSSR count). The fourth-order valence-electron chi connectivity index (χ4n) is 0.938. The van der Waals surface area contributed by atoms with Crippen LogP contribution in [-0.2, 0) is 5.11 Å². The molecule has 0 saturated carbocycles. The number of rotatable bonds is 0. The first kappa shape index (κ1) is 5.29. The Labute approximate surface area is 57.3 Å². The molecule has 2 aromatic rings. The van der Waals surface area contributed by atoms with Gasteiger partial charge in [-0.25, -0.2) is 0 Å². The van der Waals surface area contributed by atoms with Gasteiger partial charge in [0.15, 0.2) is 0 Å². The van der Waals surface area contributed by atoms with Crippen molar-refractivity contribution in [3.63, 3.8) is 0 Å². The van der Waals surface area contributed by atoms with E-state index in [1.807, 2.05) is 18.2 Å². The molecule has 1 aromatic carbocycles. The molecule has 0 bridgehead atoms. The van der Waals surface area contributed by atoms with Gasteiger partial charge in [-0.3, -0.25) is 10.2 Å². The predicted molar refractivity (Wildman–Crippen MR) is 36.2 cm³/mol. The van der Waals surface area contributed by atoms with Crippen LogP contribution in [0.4, 0.5) is 0 Å². The first-order valence-electron chi connectivity index (χ1n) is 2.98. The Morgan fingerprint density at radius 1 is 1.30 bits per heavy atom. The first-order valence-corrected chi connectivity index (χ1v) is 2.98. The Bertz CT molecular complexity index is 353. The molecule has 3 nitrogen and oxygen atoms in total. The molecule has 0 unspecified atom stereocenters. The van der Waals surface area contributed by atoms with Gasteiger partial charge in [0.25, 0.3) is 5.88 Å². The number of fused-ring (bicyclic) bond motifs is 1. The molecular formula is C7H5N2O. The molecule has 0 aliphatic rings. The molecule has 1 N–H and O–H groups in total.